The first-order valence-electron chi connectivity index (χ1n) is 10.6. The van der Waals surface area contributed by atoms with E-state index in [0.29, 0.717) is 23.8 Å². The van der Waals surface area contributed by atoms with Crippen molar-refractivity contribution in [1.29, 1.82) is 0 Å². The topological polar surface area (TPSA) is 50.1 Å². The predicted molar refractivity (Wildman–Crippen MR) is 110 cm³/mol. The van der Waals surface area contributed by atoms with Crippen LogP contribution in [0.1, 0.15) is 50.1 Å². The molecular weight excluding hydrogens is 405 g/mol. The molecule has 2 aliphatic heterocycles. The number of halogens is 3. The lowest BCUT2D eigenvalue weighted by atomic mass is 9.78. The molecule has 0 atom stereocenters. The number of piperidine rings is 1. The summed E-state index contributed by atoms with van der Waals surface area (Å²) in [6.45, 7) is 9.16. The molecule has 1 aromatic heterocycles. The maximum Gasteiger partial charge on any atom is 0.417 e. The van der Waals surface area contributed by atoms with E-state index in [9.17, 15) is 13.2 Å². The third kappa shape index (κ3) is 4.46. The summed E-state index contributed by atoms with van der Waals surface area (Å²) in [7, 11) is 0. The van der Waals surface area contributed by atoms with Crippen LogP contribution in [0.2, 0.25) is 0 Å². The molecule has 4 rings (SSSR count). The van der Waals surface area contributed by atoms with Crippen molar-refractivity contribution in [2.24, 2.45) is 5.41 Å². The third-order valence-corrected chi connectivity index (χ3v) is 6.72. The number of hydrogen-bond acceptors (Lipinski definition) is 5. The average Bonchev–Trinajstić information content (AvgIpc) is 3.36. The van der Waals surface area contributed by atoms with Gasteiger partial charge in [-0.2, -0.15) is 17.9 Å². The van der Waals surface area contributed by atoms with Crippen molar-refractivity contribution in [3.63, 3.8) is 0 Å². The highest BCUT2D eigenvalue weighted by atomic mass is 19.4. The van der Waals surface area contributed by atoms with E-state index in [0.717, 1.165) is 45.1 Å². The summed E-state index contributed by atoms with van der Waals surface area (Å²) in [5.74, 6) is 2.62. The van der Waals surface area contributed by atoms with Crippen molar-refractivity contribution >= 4 is 0 Å². The van der Waals surface area contributed by atoms with Gasteiger partial charge in [-0.3, -0.25) is 4.90 Å². The molecule has 0 unspecified atom stereocenters. The molecule has 0 radical (unpaired) electrons. The number of rotatable bonds is 4. The Morgan fingerprint density at radius 1 is 1.16 bits per heavy atom. The summed E-state index contributed by atoms with van der Waals surface area (Å²) in [4.78, 5) is 4.83. The van der Waals surface area contributed by atoms with Gasteiger partial charge in [0.2, 0.25) is 0 Å². The molecule has 1 aromatic carbocycles. The van der Waals surface area contributed by atoms with Crippen LogP contribution in [0.15, 0.2) is 18.2 Å². The van der Waals surface area contributed by atoms with Gasteiger partial charge in [-0.05, 0) is 86.8 Å². The quantitative estimate of drug-likeness (QED) is 0.694. The van der Waals surface area contributed by atoms with Crippen molar-refractivity contribution < 1.29 is 13.2 Å². The molecule has 1 spiro atoms. The molecule has 9 heteroatoms. The number of aromatic nitrogens is 4. The normalized spacial score (nSPS) is 19.9. The molecule has 3 heterocycles. The summed E-state index contributed by atoms with van der Waals surface area (Å²) in [5, 5.41) is 11.7. The van der Waals surface area contributed by atoms with Crippen molar-refractivity contribution in [3.05, 3.63) is 35.2 Å². The Morgan fingerprint density at radius 2 is 1.87 bits per heavy atom. The second kappa shape index (κ2) is 8.24. The zero-order valence-electron chi connectivity index (χ0n) is 17.9. The zero-order valence-corrected chi connectivity index (χ0v) is 17.9. The van der Waals surface area contributed by atoms with Gasteiger partial charge in [-0.15, -0.1) is 11.5 Å². The molecule has 2 aliphatic rings. The van der Waals surface area contributed by atoms with Crippen molar-refractivity contribution in [3.8, 4) is 18.0 Å². The Hall–Kier alpha value is -2.44. The first-order valence-corrected chi connectivity index (χ1v) is 10.6. The fraction of sp³-hybridized carbons (Fsp3) is 0.591. The van der Waals surface area contributed by atoms with Crippen LogP contribution < -0.4 is 0 Å². The Labute approximate surface area is 180 Å². The summed E-state index contributed by atoms with van der Waals surface area (Å²) in [5.41, 5.74) is -0.411. The van der Waals surface area contributed by atoms with Gasteiger partial charge in [0.15, 0.2) is 5.82 Å². The lowest BCUT2D eigenvalue weighted by molar-refractivity contribution is -0.137. The first kappa shape index (κ1) is 21.8. The Bertz CT molecular complexity index is 966. The SMILES string of the molecule is C#Cc1ccc(-n2nnnc2CN2CCC3(CC2)CCN(C(C)C)C3)cc1C(F)(F)F. The smallest absolute Gasteiger partial charge is 0.300 e. The van der Waals surface area contributed by atoms with Crippen LogP contribution in [0.4, 0.5) is 13.2 Å². The highest BCUT2D eigenvalue weighted by molar-refractivity contribution is 5.48. The number of nitrogens with zero attached hydrogens (tertiary/aromatic N) is 6. The van der Waals surface area contributed by atoms with E-state index in [1.54, 1.807) is 0 Å². The van der Waals surface area contributed by atoms with Gasteiger partial charge in [-0.1, -0.05) is 5.92 Å². The lowest BCUT2D eigenvalue weighted by Gasteiger charge is -2.39. The minimum absolute atomic E-state index is 0.195. The fourth-order valence-electron chi connectivity index (χ4n) is 4.73. The molecule has 0 N–H and O–H groups in total. The van der Waals surface area contributed by atoms with E-state index < -0.39 is 11.7 Å². The Morgan fingerprint density at radius 3 is 2.48 bits per heavy atom. The monoisotopic (exact) mass is 432 g/mol. The van der Waals surface area contributed by atoms with E-state index in [4.69, 9.17) is 6.42 Å². The molecule has 6 nitrogen and oxygen atoms in total. The predicted octanol–water partition coefficient (Wildman–Crippen LogP) is 3.36. The van der Waals surface area contributed by atoms with Gasteiger partial charge < -0.3 is 4.90 Å². The zero-order chi connectivity index (χ0) is 22.2. The molecule has 2 aromatic rings. The van der Waals surface area contributed by atoms with E-state index in [1.165, 1.54) is 23.2 Å². The maximum atomic E-state index is 13.4. The van der Waals surface area contributed by atoms with E-state index >= 15 is 0 Å². The summed E-state index contributed by atoms with van der Waals surface area (Å²) >= 11 is 0. The average molecular weight is 432 g/mol. The van der Waals surface area contributed by atoms with Crippen LogP contribution in [0.5, 0.6) is 0 Å². The van der Waals surface area contributed by atoms with Crippen LogP contribution in [-0.2, 0) is 12.7 Å². The minimum Gasteiger partial charge on any atom is -0.300 e. The van der Waals surface area contributed by atoms with Gasteiger partial charge in [0.05, 0.1) is 17.8 Å². The van der Waals surface area contributed by atoms with Crippen LogP contribution in [0.3, 0.4) is 0 Å². The van der Waals surface area contributed by atoms with Gasteiger partial charge in [0.25, 0.3) is 0 Å². The van der Waals surface area contributed by atoms with E-state index in [-0.39, 0.29) is 11.3 Å². The standard InChI is InChI=1S/C22H27F3N6/c1-4-17-5-6-18(13-19(17)22(23,24)25)31-20(26-27-28-31)14-29-10-7-21(8-11-29)9-12-30(15-21)16(2)3/h1,5-6,13,16H,7-12,14-15H2,2-3H3. The molecule has 166 valence electrons. The van der Waals surface area contributed by atoms with Crippen LogP contribution in [0.25, 0.3) is 5.69 Å². The fourth-order valence-corrected chi connectivity index (χ4v) is 4.73. The van der Waals surface area contributed by atoms with Crippen LogP contribution in [0, 0.1) is 17.8 Å². The molecule has 0 bridgehead atoms. The van der Waals surface area contributed by atoms with E-state index in [1.807, 2.05) is 0 Å². The third-order valence-electron chi connectivity index (χ3n) is 6.72. The maximum absolute atomic E-state index is 13.4. The lowest BCUT2D eigenvalue weighted by Crippen LogP contribution is -2.42. The van der Waals surface area contributed by atoms with Crippen molar-refractivity contribution in [1.82, 2.24) is 30.0 Å². The minimum atomic E-state index is -4.54. The van der Waals surface area contributed by atoms with Gasteiger partial charge in [0.1, 0.15) is 0 Å². The second-order valence-corrected chi connectivity index (χ2v) is 8.97. The van der Waals surface area contributed by atoms with Crippen molar-refractivity contribution in [2.45, 2.75) is 51.9 Å². The molecule has 0 aliphatic carbocycles. The number of benzene rings is 1. The first-order chi connectivity index (χ1) is 14.7. The Balaban J connectivity index is 1.47. The second-order valence-electron chi connectivity index (χ2n) is 8.97. The van der Waals surface area contributed by atoms with Crippen LogP contribution in [-0.4, -0.2) is 62.2 Å². The molecule has 0 amide bonds. The number of terminal acetylenes is 1. The molecule has 2 fully saturated rings. The summed E-state index contributed by atoms with van der Waals surface area (Å²) in [6, 6.07) is 4.40. The Kier molecular flexibility index (Phi) is 5.79. The molecule has 0 saturated carbocycles. The number of hydrogen-bond donors (Lipinski definition) is 0. The van der Waals surface area contributed by atoms with Gasteiger partial charge in [-0.25, -0.2) is 0 Å². The summed E-state index contributed by atoms with van der Waals surface area (Å²) < 4.78 is 41.5. The highest BCUT2D eigenvalue weighted by Gasteiger charge is 2.41. The van der Waals surface area contributed by atoms with Gasteiger partial charge >= 0.3 is 6.18 Å². The molecular formula is C22H27F3N6. The highest BCUT2D eigenvalue weighted by Crippen LogP contribution is 2.41. The molecule has 31 heavy (non-hydrogen) atoms. The van der Waals surface area contributed by atoms with E-state index in [2.05, 4.69) is 45.1 Å². The number of tetrazole rings is 1. The molecule has 2 saturated heterocycles. The van der Waals surface area contributed by atoms with Crippen molar-refractivity contribution in [2.75, 3.05) is 26.2 Å². The van der Waals surface area contributed by atoms with Crippen LogP contribution >= 0.6 is 0 Å². The summed E-state index contributed by atoms with van der Waals surface area (Å²) in [6.07, 6.45) is 4.16. The number of alkyl halides is 3. The number of likely N-dealkylation sites (tertiary alicyclic amines) is 2. The largest absolute Gasteiger partial charge is 0.417 e. The van der Waals surface area contributed by atoms with Gasteiger partial charge in [0, 0.05) is 18.2 Å².